The number of sulfone groups is 1. The minimum Gasteiger partial charge on any atom is -0.292 e. The summed E-state index contributed by atoms with van der Waals surface area (Å²) in [6.45, 7) is 2.09. The fourth-order valence-electron chi connectivity index (χ4n) is 3.94. The maximum Gasteiger partial charge on any atom is 0.349 e. The highest BCUT2D eigenvalue weighted by atomic mass is 32.2. The first kappa shape index (κ1) is 17.8. The molecule has 2 heterocycles. The van der Waals surface area contributed by atoms with Gasteiger partial charge in [-0.3, -0.25) is 4.57 Å². The SMILES string of the molecule is Cc1ccccc1CSc1nc(=O)n([C@H]2CCS(=O)(=O)C2)c2c1CCC2. The standard InChI is InChI=1S/C19H22N2O3S2/c1-13-5-2-3-6-14(13)11-25-18-16-7-4-8-17(16)21(19(22)20-18)15-9-10-26(23,24)12-15/h2-3,5-6,15H,4,7-12H2,1H3/t15-/m0/s1. The van der Waals surface area contributed by atoms with Gasteiger partial charge in [0.25, 0.3) is 0 Å². The van der Waals surface area contributed by atoms with Crippen molar-refractivity contribution < 1.29 is 8.42 Å². The van der Waals surface area contributed by atoms with Crippen molar-refractivity contribution in [2.45, 2.75) is 49.4 Å². The van der Waals surface area contributed by atoms with Gasteiger partial charge >= 0.3 is 5.69 Å². The second-order valence-corrected chi connectivity index (χ2v) is 10.3. The summed E-state index contributed by atoms with van der Waals surface area (Å²) in [6.07, 6.45) is 3.27. The molecule has 0 amide bonds. The minimum absolute atomic E-state index is 0.0662. The van der Waals surface area contributed by atoms with E-state index in [1.807, 2.05) is 12.1 Å². The summed E-state index contributed by atoms with van der Waals surface area (Å²) in [5.41, 5.74) is 4.35. The first-order chi connectivity index (χ1) is 12.4. The molecule has 0 N–H and O–H groups in total. The van der Waals surface area contributed by atoms with Crippen LogP contribution in [0.3, 0.4) is 0 Å². The second-order valence-electron chi connectivity index (χ2n) is 7.12. The van der Waals surface area contributed by atoms with Gasteiger partial charge in [0, 0.05) is 17.0 Å². The van der Waals surface area contributed by atoms with Crippen LogP contribution in [0.1, 0.15) is 41.3 Å². The maximum absolute atomic E-state index is 12.7. The van der Waals surface area contributed by atoms with Gasteiger partial charge in [-0.15, -0.1) is 11.8 Å². The number of benzene rings is 1. The fraction of sp³-hybridized carbons (Fsp3) is 0.474. The topological polar surface area (TPSA) is 69.0 Å². The van der Waals surface area contributed by atoms with E-state index in [1.54, 1.807) is 16.3 Å². The van der Waals surface area contributed by atoms with Crippen molar-refractivity contribution in [3.8, 4) is 0 Å². The van der Waals surface area contributed by atoms with E-state index in [1.165, 1.54) is 11.1 Å². The highest BCUT2D eigenvalue weighted by Crippen LogP contribution is 2.34. The van der Waals surface area contributed by atoms with Crippen molar-refractivity contribution >= 4 is 21.6 Å². The van der Waals surface area contributed by atoms with Gasteiger partial charge in [-0.1, -0.05) is 24.3 Å². The van der Waals surface area contributed by atoms with Crippen molar-refractivity contribution in [3.05, 3.63) is 57.1 Å². The van der Waals surface area contributed by atoms with Crippen molar-refractivity contribution in [2.75, 3.05) is 11.5 Å². The Hall–Kier alpha value is -1.60. The number of thioether (sulfide) groups is 1. The number of nitrogens with zero attached hydrogens (tertiary/aromatic N) is 2. The molecule has 0 spiro atoms. The second kappa shape index (κ2) is 6.85. The Labute approximate surface area is 157 Å². The first-order valence-corrected chi connectivity index (χ1v) is 11.8. The van der Waals surface area contributed by atoms with E-state index >= 15 is 0 Å². The number of hydrogen-bond donors (Lipinski definition) is 0. The zero-order valence-electron chi connectivity index (χ0n) is 14.8. The monoisotopic (exact) mass is 390 g/mol. The van der Waals surface area contributed by atoms with E-state index < -0.39 is 9.84 Å². The number of aromatic nitrogens is 2. The van der Waals surface area contributed by atoms with Gasteiger partial charge in [0.05, 0.1) is 17.5 Å². The summed E-state index contributed by atoms with van der Waals surface area (Å²) < 4.78 is 25.4. The third kappa shape index (κ3) is 3.34. The lowest BCUT2D eigenvalue weighted by molar-refractivity contribution is 0.502. The molecule has 0 saturated carbocycles. The Morgan fingerprint density at radius 1 is 1.27 bits per heavy atom. The van der Waals surface area contributed by atoms with Crippen LogP contribution in [-0.2, 0) is 28.4 Å². The third-order valence-electron chi connectivity index (χ3n) is 5.34. The summed E-state index contributed by atoms with van der Waals surface area (Å²) in [5.74, 6) is 1.02. The van der Waals surface area contributed by atoms with Crippen molar-refractivity contribution in [1.29, 1.82) is 0 Å². The quantitative estimate of drug-likeness (QED) is 0.593. The first-order valence-electron chi connectivity index (χ1n) is 8.96. The lowest BCUT2D eigenvalue weighted by atomic mass is 10.1. The molecule has 1 aliphatic carbocycles. The number of hydrogen-bond acceptors (Lipinski definition) is 5. The molecule has 0 bridgehead atoms. The van der Waals surface area contributed by atoms with Crippen LogP contribution in [0.15, 0.2) is 34.1 Å². The van der Waals surface area contributed by atoms with Crippen LogP contribution in [0, 0.1) is 6.92 Å². The Kier molecular flexibility index (Phi) is 4.69. The van der Waals surface area contributed by atoms with Gasteiger partial charge in [-0.25, -0.2) is 13.2 Å². The smallest absolute Gasteiger partial charge is 0.292 e. The molecule has 1 atom stereocenters. The van der Waals surface area contributed by atoms with E-state index in [4.69, 9.17) is 0 Å². The van der Waals surface area contributed by atoms with Crippen LogP contribution >= 0.6 is 11.8 Å². The highest BCUT2D eigenvalue weighted by Gasteiger charge is 2.33. The Bertz CT molecular complexity index is 1010. The van der Waals surface area contributed by atoms with Gasteiger partial charge in [0.2, 0.25) is 0 Å². The summed E-state index contributed by atoms with van der Waals surface area (Å²) in [7, 11) is -3.03. The zero-order chi connectivity index (χ0) is 18.3. The average Bonchev–Trinajstić information content (AvgIpc) is 3.20. The van der Waals surface area contributed by atoms with Gasteiger partial charge < -0.3 is 0 Å². The predicted octanol–water partition coefficient (Wildman–Crippen LogP) is 2.69. The van der Waals surface area contributed by atoms with Crippen LogP contribution < -0.4 is 5.69 Å². The van der Waals surface area contributed by atoms with Crippen LogP contribution in [0.4, 0.5) is 0 Å². The number of rotatable bonds is 4. The minimum atomic E-state index is -3.03. The zero-order valence-corrected chi connectivity index (χ0v) is 16.4. The van der Waals surface area contributed by atoms with Gasteiger partial charge in [-0.05, 0) is 43.7 Å². The molecular weight excluding hydrogens is 368 g/mol. The Balaban J connectivity index is 1.66. The average molecular weight is 391 g/mol. The molecule has 4 rings (SSSR count). The third-order valence-corrected chi connectivity index (χ3v) is 8.16. The van der Waals surface area contributed by atoms with Gasteiger partial charge in [-0.2, -0.15) is 4.98 Å². The van der Waals surface area contributed by atoms with E-state index in [-0.39, 0.29) is 23.2 Å². The molecule has 1 aromatic carbocycles. The fourth-order valence-corrected chi connectivity index (χ4v) is 6.79. The van der Waals surface area contributed by atoms with E-state index in [2.05, 4.69) is 24.0 Å². The number of fused-ring (bicyclic) bond motifs is 1. The molecule has 26 heavy (non-hydrogen) atoms. The molecule has 1 fully saturated rings. The number of aryl methyl sites for hydroxylation is 1. The van der Waals surface area contributed by atoms with Crippen LogP contribution in [0.2, 0.25) is 0 Å². The van der Waals surface area contributed by atoms with E-state index in [0.717, 1.165) is 41.3 Å². The molecule has 1 saturated heterocycles. The largest absolute Gasteiger partial charge is 0.349 e. The maximum atomic E-state index is 12.7. The van der Waals surface area contributed by atoms with Crippen molar-refractivity contribution in [3.63, 3.8) is 0 Å². The summed E-state index contributed by atoms with van der Waals surface area (Å²) >= 11 is 1.62. The van der Waals surface area contributed by atoms with Gasteiger partial charge in [0.1, 0.15) is 5.03 Å². The molecule has 5 nitrogen and oxygen atoms in total. The molecule has 1 aromatic heterocycles. The Morgan fingerprint density at radius 3 is 2.81 bits per heavy atom. The molecule has 2 aliphatic rings. The van der Waals surface area contributed by atoms with E-state index in [0.29, 0.717) is 6.42 Å². The van der Waals surface area contributed by atoms with Crippen LogP contribution in [0.5, 0.6) is 0 Å². The van der Waals surface area contributed by atoms with Crippen molar-refractivity contribution in [2.24, 2.45) is 0 Å². The lowest BCUT2D eigenvalue weighted by Crippen LogP contribution is -2.31. The molecule has 138 valence electrons. The predicted molar refractivity (Wildman–Crippen MR) is 104 cm³/mol. The molecule has 0 radical (unpaired) electrons. The summed E-state index contributed by atoms with van der Waals surface area (Å²) in [6, 6.07) is 8.00. The molecule has 0 unspecified atom stereocenters. The Morgan fingerprint density at radius 2 is 2.08 bits per heavy atom. The molecule has 1 aliphatic heterocycles. The van der Waals surface area contributed by atoms with Crippen LogP contribution in [-0.4, -0.2) is 29.5 Å². The molecule has 2 aromatic rings. The highest BCUT2D eigenvalue weighted by molar-refractivity contribution is 7.98. The summed E-state index contributed by atoms with van der Waals surface area (Å²) in [5, 5.41) is 0.822. The van der Waals surface area contributed by atoms with Crippen molar-refractivity contribution in [1.82, 2.24) is 9.55 Å². The van der Waals surface area contributed by atoms with Crippen LogP contribution in [0.25, 0.3) is 0 Å². The normalized spacial score (nSPS) is 21.0. The lowest BCUT2D eigenvalue weighted by Gasteiger charge is -2.18. The molecular formula is C19H22N2O3S2. The van der Waals surface area contributed by atoms with Gasteiger partial charge in [0.15, 0.2) is 9.84 Å². The van der Waals surface area contributed by atoms with E-state index in [9.17, 15) is 13.2 Å². The molecule has 7 heteroatoms. The summed E-state index contributed by atoms with van der Waals surface area (Å²) in [4.78, 5) is 17.1.